The van der Waals surface area contributed by atoms with Gasteiger partial charge < -0.3 is 9.64 Å². The molecule has 2 heterocycles. The van der Waals surface area contributed by atoms with Crippen LogP contribution >= 0.6 is 0 Å². The molecule has 1 aromatic heterocycles. The van der Waals surface area contributed by atoms with Gasteiger partial charge in [0.25, 0.3) is 0 Å². The van der Waals surface area contributed by atoms with Crippen LogP contribution in [-0.2, 0) is 4.74 Å². The van der Waals surface area contributed by atoms with Crippen LogP contribution in [0.4, 0.5) is 5.69 Å². The molecule has 0 unspecified atom stereocenters. The molecule has 0 aromatic carbocycles. The second kappa shape index (κ2) is 4.83. The summed E-state index contributed by atoms with van der Waals surface area (Å²) in [6, 6.07) is 2.24. The summed E-state index contributed by atoms with van der Waals surface area (Å²) in [7, 11) is 0. The van der Waals surface area contributed by atoms with Crippen molar-refractivity contribution in [1.29, 1.82) is 0 Å². The SMILES string of the molecule is Cc1cnc(C(C)C)c(N2CCOCC2)c1. The van der Waals surface area contributed by atoms with Gasteiger partial charge in [-0.05, 0) is 24.5 Å². The molecule has 2 rings (SSSR count). The van der Waals surface area contributed by atoms with Crippen LogP contribution in [0.1, 0.15) is 31.0 Å². The van der Waals surface area contributed by atoms with E-state index < -0.39 is 0 Å². The molecular formula is C13H20N2O. The Balaban J connectivity index is 2.32. The minimum absolute atomic E-state index is 0.471. The number of anilines is 1. The summed E-state index contributed by atoms with van der Waals surface area (Å²) in [5, 5.41) is 0. The molecule has 1 aliphatic rings. The quantitative estimate of drug-likeness (QED) is 0.765. The molecule has 0 amide bonds. The molecule has 88 valence electrons. The number of aromatic nitrogens is 1. The maximum absolute atomic E-state index is 5.39. The van der Waals surface area contributed by atoms with Gasteiger partial charge in [0.2, 0.25) is 0 Å². The standard InChI is InChI=1S/C13H20N2O/c1-10(2)13-12(8-11(3)9-14-13)15-4-6-16-7-5-15/h8-10H,4-7H2,1-3H3. The van der Waals surface area contributed by atoms with Crippen molar-refractivity contribution in [2.45, 2.75) is 26.7 Å². The van der Waals surface area contributed by atoms with Crippen molar-refractivity contribution in [2.24, 2.45) is 0 Å². The lowest BCUT2D eigenvalue weighted by Gasteiger charge is -2.31. The molecule has 0 atom stereocenters. The van der Waals surface area contributed by atoms with Gasteiger partial charge in [-0.15, -0.1) is 0 Å². The first-order chi connectivity index (χ1) is 7.68. The highest BCUT2D eigenvalue weighted by Gasteiger charge is 2.17. The van der Waals surface area contributed by atoms with Gasteiger partial charge in [-0.2, -0.15) is 0 Å². The predicted octanol–water partition coefficient (Wildman–Crippen LogP) is 2.35. The maximum Gasteiger partial charge on any atom is 0.0662 e. The lowest BCUT2D eigenvalue weighted by Crippen LogP contribution is -2.37. The van der Waals surface area contributed by atoms with Gasteiger partial charge in [-0.25, -0.2) is 0 Å². The first-order valence-electron chi connectivity index (χ1n) is 5.97. The van der Waals surface area contributed by atoms with Crippen LogP contribution in [-0.4, -0.2) is 31.3 Å². The molecule has 16 heavy (non-hydrogen) atoms. The van der Waals surface area contributed by atoms with E-state index in [4.69, 9.17) is 4.74 Å². The number of aryl methyl sites for hydroxylation is 1. The summed E-state index contributed by atoms with van der Waals surface area (Å²) in [5.74, 6) is 0.471. The Morgan fingerprint density at radius 2 is 2.00 bits per heavy atom. The molecule has 0 radical (unpaired) electrons. The number of ether oxygens (including phenoxy) is 1. The number of hydrogen-bond acceptors (Lipinski definition) is 3. The molecule has 0 saturated carbocycles. The van der Waals surface area contributed by atoms with Crippen LogP contribution < -0.4 is 4.90 Å². The normalized spacial score (nSPS) is 16.9. The molecule has 0 aliphatic carbocycles. The van der Waals surface area contributed by atoms with Gasteiger partial charge >= 0.3 is 0 Å². The van der Waals surface area contributed by atoms with Crippen LogP contribution in [0, 0.1) is 6.92 Å². The largest absolute Gasteiger partial charge is 0.378 e. The van der Waals surface area contributed by atoms with Crippen molar-refractivity contribution >= 4 is 5.69 Å². The fourth-order valence-electron chi connectivity index (χ4n) is 2.07. The average Bonchev–Trinajstić information content (AvgIpc) is 2.29. The summed E-state index contributed by atoms with van der Waals surface area (Å²) in [4.78, 5) is 6.96. The molecule has 1 fully saturated rings. The predicted molar refractivity (Wildman–Crippen MR) is 66.1 cm³/mol. The van der Waals surface area contributed by atoms with Crippen molar-refractivity contribution in [1.82, 2.24) is 4.98 Å². The molecule has 0 spiro atoms. The zero-order chi connectivity index (χ0) is 11.5. The number of morpholine rings is 1. The Morgan fingerprint density at radius 1 is 1.31 bits per heavy atom. The van der Waals surface area contributed by atoms with E-state index in [1.807, 2.05) is 6.20 Å². The van der Waals surface area contributed by atoms with E-state index in [1.54, 1.807) is 0 Å². The van der Waals surface area contributed by atoms with E-state index in [0.29, 0.717) is 5.92 Å². The Labute approximate surface area is 97.4 Å². The third kappa shape index (κ3) is 2.35. The van der Waals surface area contributed by atoms with Crippen LogP contribution in [0.5, 0.6) is 0 Å². The minimum Gasteiger partial charge on any atom is -0.378 e. The van der Waals surface area contributed by atoms with Crippen LogP contribution in [0.25, 0.3) is 0 Å². The van der Waals surface area contributed by atoms with Crippen molar-refractivity contribution < 1.29 is 4.74 Å². The van der Waals surface area contributed by atoms with E-state index in [0.717, 1.165) is 26.3 Å². The molecular weight excluding hydrogens is 200 g/mol. The first-order valence-corrected chi connectivity index (χ1v) is 5.97. The smallest absolute Gasteiger partial charge is 0.0662 e. The lowest BCUT2D eigenvalue weighted by molar-refractivity contribution is 0.122. The fraction of sp³-hybridized carbons (Fsp3) is 0.615. The Morgan fingerprint density at radius 3 is 2.62 bits per heavy atom. The van der Waals surface area contributed by atoms with Gasteiger partial charge in [0.05, 0.1) is 24.6 Å². The third-order valence-electron chi connectivity index (χ3n) is 2.93. The van der Waals surface area contributed by atoms with E-state index in [-0.39, 0.29) is 0 Å². The highest BCUT2D eigenvalue weighted by molar-refractivity contribution is 5.53. The Hall–Kier alpha value is -1.09. The van der Waals surface area contributed by atoms with E-state index in [2.05, 4.69) is 36.7 Å². The number of rotatable bonds is 2. The zero-order valence-electron chi connectivity index (χ0n) is 10.4. The Kier molecular flexibility index (Phi) is 3.44. The highest BCUT2D eigenvalue weighted by Crippen LogP contribution is 2.26. The minimum atomic E-state index is 0.471. The topological polar surface area (TPSA) is 25.4 Å². The second-order valence-electron chi connectivity index (χ2n) is 4.67. The second-order valence-corrected chi connectivity index (χ2v) is 4.67. The summed E-state index contributed by atoms with van der Waals surface area (Å²) in [6.45, 7) is 10.1. The average molecular weight is 220 g/mol. The van der Waals surface area contributed by atoms with Crippen molar-refractivity contribution in [3.63, 3.8) is 0 Å². The van der Waals surface area contributed by atoms with Gasteiger partial charge in [0.15, 0.2) is 0 Å². The third-order valence-corrected chi connectivity index (χ3v) is 2.93. The molecule has 0 N–H and O–H groups in total. The molecule has 1 aromatic rings. The van der Waals surface area contributed by atoms with Gasteiger partial charge in [0, 0.05) is 19.3 Å². The molecule has 1 aliphatic heterocycles. The molecule has 3 heteroatoms. The number of nitrogens with zero attached hydrogens (tertiary/aromatic N) is 2. The van der Waals surface area contributed by atoms with Crippen molar-refractivity contribution in [2.75, 3.05) is 31.2 Å². The summed E-state index contributed by atoms with van der Waals surface area (Å²) in [6.07, 6.45) is 1.96. The molecule has 0 bridgehead atoms. The van der Waals surface area contributed by atoms with Gasteiger partial charge in [-0.3, -0.25) is 4.98 Å². The Bertz CT molecular complexity index is 357. The zero-order valence-corrected chi connectivity index (χ0v) is 10.4. The fourth-order valence-corrected chi connectivity index (χ4v) is 2.07. The van der Waals surface area contributed by atoms with Crippen LogP contribution in [0.2, 0.25) is 0 Å². The number of pyridine rings is 1. The monoisotopic (exact) mass is 220 g/mol. The van der Waals surface area contributed by atoms with Gasteiger partial charge in [0.1, 0.15) is 0 Å². The molecule has 1 saturated heterocycles. The van der Waals surface area contributed by atoms with E-state index in [1.165, 1.54) is 16.9 Å². The highest BCUT2D eigenvalue weighted by atomic mass is 16.5. The van der Waals surface area contributed by atoms with Crippen molar-refractivity contribution in [3.05, 3.63) is 23.5 Å². The lowest BCUT2D eigenvalue weighted by atomic mass is 10.1. The van der Waals surface area contributed by atoms with Crippen LogP contribution in [0.15, 0.2) is 12.3 Å². The van der Waals surface area contributed by atoms with E-state index in [9.17, 15) is 0 Å². The summed E-state index contributed by atoms with van der Waals surface area (Å²) >= 11 is 0. The van der Waals surface area contributed by atoms with E-state index >= 15 is 0 Å². The molecule has 3 nitrogen and oxygen atoms in total. The summed E-state index contributed by atoms with van der Waals surface area (Å²) < 4.78 is 5.39. The van der Waals surface area contributed by atoms with Crippen molar-refractivity contribution in [3.8, 4) is 0 Å². The van der Waals surface area contributed by atoms with Crippen LogP contribution in [0.3, 0.4) is 0 Å². The maximum atomic E-state index is 5.39. The van der Waals surface area contributed by atoms with Gasteiger partial charge in [-0.1, -0.05) is 13.8 Å². The number of hydrogen-bond donors (Lipinski definition) is 0. The first kappa shape index (κ1) is 11.4. The summed E-state index contributed by atoms with van der Waals surface area (Å²) in [5.41, 5.74) is 3.72.